The Labute approximate surface area is 173 Å². The van der Waals surface area contributed by atoms with Gasteiger partial charge >= 0.3 is 5.51 Å². The van der Waals surface area contributed by atoms with Gasteiger partial charge in [0.05, 0.1) is 26.4 Å². The second-order valence-electron chi connectivity index (χ2n) is 5.93. The number of sulfone groups is 1. The number of hydrogen-bond donors (Lipinski definition) is 0. The van der Waals surface area contributed by atoms with Gasteiger partial charge in [0.25, 0.3) is 9.84 Å². The predicted octanol–water partition coefficient (Wildman–Crippen LogP) is 5.97. The molecule has 0 bridgehead atoms. The van der Waals surface area contributed by atoms with E-state index in [4.69, 9.17) is 11.6 Å². The van der Waals surface area contributed by atoms with Crippen LogP contribution in [0.4, 0.5) is 13.2 Å². The van der Waals surface area contributed by atoms with Crippen LogP contribution in [0.25, 0.3) is 21.1 Å². The van der Waals surface area contributed by atoms with Gasteiger partial charge in [-0.3, -0.25) is 0 Å². The number of benzene rings is 1. The summed E-state index contributed by atoms with van der Waals surface area (Å²) < 4.78 is 60.3. The summed E-state index contributed by atoms with van der Waals surface area (Å²) in [6.45, 7) is 2.08. The van der Waals surface area contributed by atoms with Gasteiger partial charge in [0, 0.05) is 17.1 Å². The molecular formula is C17H14ClF3N2O2S3. The van der Waals surface area contributed by atoms with Crippen LogP contribution in [0.15, 0.2) is 29.8 Å². The number of halogens is 4. The lowest BCUT2D eigenvalue weighted by atomic mass is 10.1. The van der Waals surface area contributed by atoms with Crippen molar-refractivity contribution in [1.29, 1.82) is 0 Å². The van der Waals surface area contributed by atoms with Crippen molar-refractivity contribution in [3.63, 3.8) is 0 Å². The fraction of sp³-hybridized carbons (Fsp3) is 0.294. The van der Waals surface area contributed by atoms with Gasteiger partial charge in [0.1, 0.15) is 5.01 Å². The molecule has 0 saturated heterocycles. The highest BCUT2D eigenvalue weighted by Gasteiger charge is 2.45. The highest BCUT2D eigenvalue weighted by Crippen LogP contribution is 2.36. The van der Waals surface area contributed by atoms with Crippen LogP contribution in [0, 0.1) is 0 Å². The van der Waals surface area contributed by atoms with Crippen molar-refractivity contribution in [1.82, 2.24) is 9.97 Å². The van der Waals surface area contributed by atoms with E-state index in [1.165, 1.54) is 29.5 Å². The number of aromatic nitrogens is 2. The molecule has 0 unspecified atom stereocenters. The van der Waals surface area contributed by atoms with Gasteiger partial charge < -0.3 is 0 Å². The van der Waals surface area contributed by atoms with E-state index in [1.807, 2.05) is 0 Å². The van der Waals surface area contributed by atoms with Crippen molar-refractivity contribution in [2.75, 3.05) is 0 Å². The summed E-state index contributed by atoms with van der Waals surface area (Å²) in [5.74, 6) is -1.15. The molecule has 3 aromatic rings. The lowest BCUT2D eigenvalue weighted by Gasteiger charge is -2.09. The molecule has 0 aliphatic heterocycles. The molecule has 0 fully saturated rings. The molecule has 1 aromatic carbocycles. The summed E-state index contributed by atoms with van der Waals surface area (Å²) in [5, 5.41) is 3.74. The van der Waals surface area contributed by atoms with Crippen LogP contribution in [0.5, 0.6) is 0 Å². The Morgan fingerprint density at radius 2 is 2.00 bits per heavy atom. The third-order valence-corrected chi connectivity index (χ3v) is 7.55. The van der Waals surface area contributed by atoms with E-state index >= 15 is 0 Å². The van der Waals surface area contributed by atoms with E-state index in [-0.39, 0.29) is 10.6 Å². The zero-order chi connectivity index (χ0) is 20.5. The smallest absolute Gasteiger partial charge is 0.249 e. The van der Waals surface area contributed by atoms with Crippen LogP contribution in [0.3, 0.4) is 0 Å². The van der Waals surface area contributed by atoms with Crippen LogP contribution in [0.2, 0.25) is 5.02 Å². The molecule has 2 heterocycles. The summed E-state index contributed by atoms with van der Waals surface area (Å²) in [6.07, 6.45) is 3.67. The Hall–Kier alpha value is -1.49. The van der Waals surface area contributed by atoms with Gasteiger partial charge in [0.15, 0.2) is 0 Å². The minimum absolute atomic E-state index is 0.0341. The maximum absolute atomic E-state index is 12.5. The molecule has 0 amide bonds. The lowest BCUT2D eigenvalue weighted by molar-refractivity contribution is -0.0437. The minimum Gasteiger partial charge on any atom is -0.249 e. The highest BCUT2D eigenvalue weighted by atomic mass is 35.5. The normalized spacial score (nSPS) is 12.5. The molecule has 150 valence electrons. The van der Waals surface area contributed by atoms with Crippen molar-refractivity contribution < 1.29 is 21.6 Å². The largest absolute Gasteiger partial charge is 0.497 e. The third kappa shape index (κ3) is 4.56. The van der Waals surface area contributed by atoms with Crippen LogP contribution in [-0.2, 0) is 22.0 Å². The summed E-state index contributed by atoms with van der Waals surface area (Å²) in [4.78, 5) is 9.83. The number of alkyl halides is 3. The fourth-order valence-electron chi connectivity index (χ4n) is 2.41. The molecule has 0 aliphatic carbocycles. The van der Waals surface area contributed by atoms with Crippen LogP contribution >= 0.6 is 34.3 Å². The van der Waals surface area contributed by atoms with E-state index in [9.17, 15) is 21.6 Å². The van der Waals surface area contributed by atoms with E-state index in [1.54, 1.807) is 22.9 Å². The molecule has 0 saturated carbocycles. The van der Waals surface area contributed by atoms with Gasteiger partial charge in [-0.15, -0.1) is 22.7 Å². The zero-order valence-corrected chi connectivity index (χ0v) is 17.7. The van der Waals surface area contributed by atoms with Crippen molar-refractivity contribution in [2.45, 2.75) is 31.0 Å². The second-order valence-corrected chi connectivity index (χ2v) is 10.3. The zero-order valence-electron chi connectivity index (χ0n) is 14.5. The number of nitrogens with zero attached hydrogens (tertiary/aromatic N) is 2. The maximum Gasteiger partial charge on any atom is 0.497 e. The Morgan fingerprint density at radius 1 is 1.25 bits per heavy atom. The molecule has 0 radical (unpaired) electrons. The fourth-order valence-corrected chi connectivity index (χ4v) is 5.38. The van der Waals surface area contributed by atoms with Crippen molar-refractivity contribution >= 4 is 44.1 Å². The number of hydrogen-bond acceptors (Lipinski definition) is 6. The minimum atomic E-state index is -5.30. The Balaban J connectivity index is 1.84. The molecule has 0 spiro atoms. The van der Waals surface area contributed by atoms with Crippen molar-refractivity contribution in [3.8, 4) is 21.1 Å². The SMILES string of the molecule is CCCc1ncc(-c2nc(-c3ccc(CS(=O)(=O)C(F)(F)F)cc3Cl)cs2)s1. The highest BCUT2D eigenvalue weighted by molar-refractivity contribution is 7.91. The van der Waals surface area contributed by atoms with E-state index in [0.717, 1.165) is 27.7 Å². The molecule has 0 aliphatic rings. The topological polar surface area (TPSA) is 59.9 Å². The summed E-state index contributed by atoms with van der Waals surface area (Å²) in [7, 11) is -5.26. The quantitative estimate of drug-likeness (QED) is 0.448. The number of rotatable bonds is 6. The van der Waals surface area contributed by atoms with Crippen LogP contribution in [-0.4, -0.2) is 23.9 Å². The maximum atomic E-state index is 12.5. The molecule has 28 heavy (non-hydrogen) atoms. The first-order chi connectivity index (χ1) is 13.1. The standard InChI is InChI=1S/C17H14ClF3N2O2S3/c1-2-3-15-22-7-14(27-15)16-23-13(8-26-16)11-5-4-10(6-12(11)18)9-28(24,25)17(19,20)21/h4-8H,2-3,9H2,1H3. The molecule has 3 rings (SSSR count). The predicted molar refractivity (Wildman–Crippen MR) is 106 cm³/mol. The Morgan fingerprint density at radius 3 is 2.64 bits per heavy atom. The first-order valence-corrected chi connectivity index (χ1v) is 11.8. The van der Waals surface area contributed by atoms with Gasteiger partial charge in [-0.2, -0.15) is 13.2 Å². The van der Waals surface area contributed by atoms with Gasteiger partial charge in [-0.05, 0) is 24.5 Å². The van der Waals surface area contributed by atoms with Crippen molar-refractivity contribution in [2.24, 2.45) is 0 Å². The summed E-state index contributed by atoms with van der Waals surface area (Å²) in [5.41, 5.74) is -4.24. The van der Waals surface area contributed by atoms with Crippen LogP contribution in [0.1, 0.15) is 23.9 Å². The number of aryl methyl sites for hydroxylation is 1. The summed E-state index contributed by atoms with van der Waals surface area (Å²) >= 11 is 9.16. The van der Waals surface area contributed by atoms with Crippen LogP contribution < -0.4 is 0 Å². The molecule has 11 heteroatoms. The molecule has 0 N–H and O–H groups in total. The van der Waals surface area contributed by atoms with E-state index in [0.29, 0.717) is 11.3 Å². The Kier molecular flexibility index (Phi) is 6.14. The average Bonchev–Trinajstić information content (AvgIpc) is 3.23. The van der Waals surface area contributed by atoms with Gasteiger partial charge in [-0.1, -0.05) is 30.7 Å². The Bertz CT molecular complexity index is 1090. The molecule has 2 aromatic heterocycles. The van der Waals surface area contributed by atoms with Gasteiger partial charge in [0.2, 0.25) is 0 Å². The average molecular weight is 467 g/mol. The van der Waals surface area contributed by atoms with E-state index < -0.39 is 21.1 Å². The van der Waals surface area contributed by atoms with Gasteiger partial charge in [-0.25, -0.2) is 18.4 Å². The molecule has 0 atom stereocenters. The molecule has 4 nitrogen and oxygen atoms in total. The van der Waals surface area contributed by atoms with E-state index in [2.05, 4.69) is 16.9 Å². The third-order valence-electron chi connectivity index (χ3n) is 3.75. The number of thiazole rings is 2. The summed E-state index contributed by atoms with van der Waals surface area (Å²) in [6, 6.07) is 4.03. The molecular weight excluding hydrogens is 453 g/mol. The first-order valence-electron chi connectivity index (χ1n) is 8.09. The monoisotopic (exact) mass is 466 g/mol. The lowest BCUT2D eigenvalue weighted by Crippen LogP contribution is -2.24. The van der Waals surface area contributed by atoms with Crippen molar-refractivity contribution in [3.05, 3.63) is 45.4 Å². The second kappa shape index (κ2) is 8.10. The first kappa shape index (κ1) is 21.2.